The zero-order valence-electron chi connectivity index (χ0n) is 12.5. The second-order valence-corrected chi connectivity index (χ2v) is 6.09. The van der Waals surface area contributed by atoms with Gasteiger partial charge in [-0.2, -0.15) is 0 Å². The Morgan fingerprint density at radius 1 is 1.48 bits per heavy atom. The van der Waals surface area contributed by atoms with Gasteiger partial charge in [0, 0.05) is 25.7 Å². The molecular weight excluding hydrogens is 268 g/mol. The molecule has 3 atom stereocenters. The number of carbonyl (C=O) groups excluding carboxylic acids is 1. The maximum atomic E-state index is 12.6. The number of aromatic hydroxyl groups is 1. The minimum Gasteiger partial charge on any atom is -0.504 e. The van der Waals surface area contributed by atoms with E-state index in [1.54, 1.807) is 17.0 Å². The number of nitrogens with zero attached hydrogens (tertiary/aromatic N) is 1. The zero-order chi connectivity index (χ0) is 15.0. The Hall–Kier alpha value is -1.75. The number of ether oxygens (including phenoxy) is 1. The summed E-state index contributed by atoms with van der Waals surface area (Å²) >= 11 is 0. The van der Waals surface area contributed by atoms with Gasteiger partial charge in [-0.05, 0) is 37.0 Å². The summed E-state index contributed by atoms with van der Waals surface area (Å²) in [6.07, 6.45) is 3.28. The van der Waals surface area contributed by atoms with Gasteiger partial charge in [0.05, 0.1) is 13.0 Å². The van der Waals surface area contributed by atoms with Crippen molar-refractivity contribution in [3.05, 3.63) is 23.8 Å². The van der Waals surface area contributed by atoms with Crippen molar-refractivity contribution in [2.24, 2.45) is 5.92 Å². The summed E-state index contributed by atoms with van der Waals surface area (Å²) in [6, 6.07) is 6.09. The molecule has 2 N–H and O–H groups in total. The first-order valence-electron chi connectivity index (χ1n) is 7.45. The number of fused-ring (bicyclic) bond motifs is 2. The summed E-state index contributed by atoms with van der Waals surface area (Å²) in [5.41, 5.74) is 0.955. The third-order valence-electron chi connectivity index (χ3n) is 4.66. The molecule has 0 saturated carbocycles. The number of amides is 1. The van der Waals surface area contributed by atoms with Crippen LogP contribution in [0.5, 0.6) is 11.5 Å². The topological polar surface area (TPSA) is 61.8 Å². The summed E-state index contributed by atoms with van der Waals surface area (Å²) in [5, 5.41) is 13.1. The van der Waals surface area contributed by atoms with Gasteiger partial charge in [0.2, 0.25) is 5.91 Å². The van der Waals surface area contributed by atoms with Crippen LogP contribution in [0.15, 0.2) is 18.2 Å². The molecule has 5 heteroatoms. The number of carbonyl (C=O) groups is 1. The number of hydrogen-bond donors (Lipinski definition) is 2. The number of phenols is 1. The highest BCUT2D eigenvalue weighted by molar-refractivity contribution is 5.80. The van der Waals surface area contributed by atoms with E-state index in [1.165, 1.54) is 13.5 Å². The molecule has 2 bridgehead atoms. The Bertz CT molecular complexity index is 546. The molecule has 2 heterocycles. The first-order chi connectivity index (χ1) is 10.1. The van der Waals surface area contributed by atoms with E-state index in [-0.39, 0.29) is 17.6 Å². The lowest BCUT2D eigenvalue weighted by molar-refractivity contribution is -0.135. The number of methoxy groups -OCH3 is 1. The molecule has 1 aromatic rings. The van der Waals surface area contributed by atoms with Crippen LogP contribution in [0.3, 0.4) is 0 Å². The van der Waals surface area contributed by atoms with Crippen molar-refractivity contribution in [2.45, 2.75) is 37.9 Å². The lowest BCUT2D eigenvalue weighted by Crippen LogP contribution is -2.38. The van der Waals surface area contributed by atoms with Crippen LogP contribution in [0.4, 0.5) is 0 Å². The van der Waals surface area contributed by atoms with E-state index in [4.69, 9.17) is 4.74 Å². The van der Waals surface area contributed by atoms with E-state index in [0.29, 0.717) is 24.4 Å². The Morgan fingerprint density at radius 3 is 2.90 bits per heavy atom. The van der Waals surface area contributed by atoms with E-state index in [0.717, 1.165) is 18.4 Å². The molecule has 2 saturated heterocycles. The van der Waals surface area contributed by atoms with Gasteiger partial charge in [0.1, 0.15) is 0 Å². The fourth-order valence-electron chi connectivity index (χ4n) is 3.55. The van der Waals surface area contributed by atoms with Gasteiger partial charge in [-0.3, -0.25) is 4.79 Å². The monoisotopic (exact) mass is 290 g/mol. The Labute approximate surface area is 124 Å². The van der Waals surface area contributed by atoms with Gasteiger partial charge in [-0.1, -0.05) is 6.07 Å². The number of benzene rings is 1. The predicted octanol–water partition coefficient (Wildman–Crippen LogP) is 1.50. The van der Waals surface area contributed by atoms with E-state index >= 15 is 0 Å². The number of phenolic OH excluding ortho intramolecular Hbond substituents is 1. The van der Waals surface area contributed by atoms with Crippen LogP contribution in [0, 0.1) is 5.92 Å². The van der Waals surface area contributed by atoms with Crippen LogP contribution >= 0.6 is 0 Å². The molecule has 21 heavy (non-hydrogen) atoms. The van der Waals surface area contributed by atoms with Crippen LogP contribution in [0.1, 0.15) is 24.8 Å². The summed E-state index contributed by atoms with van der Waals surface area (Å²) in [5.74, 6) is 0.886. The number of nitrogens with one attached hydrogen (secondary N) is 1. The summed E-state index contributed by atoms with van der Waals surface area (Å²) < 4.78 is 5.10. The van der Waals surface area contributed by atoms with E-state index < -0.39 is 0 Å². The molecule has 2 fully saturated rings. The second kappa shape index (κ2) is 5.56. The molecule has 3 rings (SSSR count). The molecule has 1 aromatic carbocycles. The van der Waals surface area contributed by atoms with Crippen molar-refractivity contribution >= 4 is 5.91 Å². The van der Waals surface area contributed by atoms with Crippen LogP contribution in [-0.4, -0.2) is 42.2 Å². The van der Waals surface area contributed by atoms with Crippen LogP contribution in [0.2, 0.25) is 0 Å². The van der Waals surface area contributed by atoms with Crippen molar-refractivity contribution in [1.29, 1.82) is 0 Å². The highest BCUT2D eigenvalue weighted by Crippen LogP contribution is 2.34. The van der Waals surface area contributed by atoms with Crippen molar-refractivity contribution < 1.29 is 14.6 Å². The summed E-state index contributed by atoms with van der Waals surface area (Å²) in [7, 11) is 3.36. The lowest BCUT2D eigenvalue weighted by Gasteiger charge is -2.26. The minimum atomic E-state index is 0.118. The predicted molar refractivity (Wildman–Crippen MR) is 79.2 cm³/mol. The zero-order valence-corrected chi connectivity index (χ0v) is 12.5. The average Bonchev–Trinajstić information content (AvgIpc) is 3.11. The van der Waals surface area contributed by atoms with Crippen molar-refractivity contribution in [3.8, 4) is 11.5 Å². The normalized spacial score (nSPS) is 26.9. The maximum absolute atomic E-state index is 12.6. The van der Waals surface area contributed by atoms with Crippen molar-refractivity contribution in [2.75, 3.05) is 14.2 Å². The standard InChI is InChI=1S/C16H22N2O3/c1-18(9-10-3-6-14(19)15(7-10)21-2)16(20)12-8-11-4-5-13(12)17-11/h3,6-7,11-13,17,19H,4-5,8-9H2,1-2H3. The molecular formula is C16H22N2O3. The minimum absolute atomic E-state index is 0.118. The number of rotatable bonds is 4. The SMILES string of the molecule is COc1cc(CN(C)C(=O)C2CC3CCC2N3)ccc1O. The summed E-state index contributed by atoms with van der Waals surface area (Å²) in [4.78, 5) is 14.3. The molecule has 2 aliphatic heterocycles. The van der Waals surface area contributed by atoms with E-state index in [2.05, 4.69) is 5.32 Å². The van der Waals surface area contributed by atoms with Crippen LogP contribution in [0.25, 0.3) is 0 Å². The molecule has 3 unspecified atom stereocenters. The first kappa shape index (κ1) is 14.2. The third kappa shape index (κ3) is 2.70. The smallest absolute Gasteiger partial charge is 0.227 e. The molecule has 0 aromatic heterocycles. The highest BCUT2D eigenvalue weighted by atomic mass is 16.5. The van der Waals surface area contributed by atoms with Gasteiger partial charge in [0.25, 0.3) is 0 Å². The van der Waals surface area contributed by atoms with Crippen LogP contribution in [-0.2, 0) is 11.3 Å². The fraction of sp³-hybridized carbons (Fsp3) is 0.562. The molecule has 2 aliphatic rings. The van der Waals surface area contributed by atoms with Crippen molar-refractivity contribution in [1.82, 2.24) is 10.2 Å². The van der Waals surface area contributed by atoms with Gasteiger partial charge < -0.3 is 20.1 Å². The Balaban J connectivity index is 1.66. The molecule has 0 radical (unpaired) electrons. The summed E-state index contributed by atoms with van der Waals surface area (Å²) in [6.45, 7) is 0.531. The van der Waals surface area contributed by atoms with Gasteiger partial charge >= 0.3 is 0 Å². The van der Waals surface area contributed by atoms with E-state index in [1.807, 2.05) is 13.1 Å². The Morgan fingerprint density at radius 2 is 2.29 bits per heavy atom. The molecule has 114 valence electrons. The number of hydrogen-bond acceptors (Lipinski definition) is 4. The van der Waals surface area contributed by atoms with Gasteiger partial charge in [0.15, 0.2) is 11.5 Å². The van der Waals surface area contributed by atoms with Crippen molar-refractivity contribution in [3.63, 3.8) is 0 Å². The molecule has 5 nitrogen and oxygen atoms in total. The third-order valence-corrected chi connectivity index (χ3v) is 4.66. The van der Waals surface area contributed by atoms with Gasteiger partial charge in [-0.15, -0.1) is 0 Å². The van der Waals surface area contributed by atoms with E-state index in [9.17, 15) is 9.90 Å². The molecule has 1 amide bonds. The largest absolute Gasteiger partial charge is 0.504 e. The molecule has 0 aliphatic carbocycles. The lowest BCUT2D eigenvalue weighted by atomic mass is 9.88. The van der Waals surface area contributed by atoms with Gasteiger partial charge in [-0.25, -0.2) is 0 Å². The average molecular weight is 290 g/mol. The molecule has 0 spiro atoms. The maximum Gasteiger partial charge on any atom is 0.227 e. The Kier molecular flexibility index (Phi) is 3.76. The first-order valence-corrected chi connectivity index (χ1v) is 7.45. The second-order valence-electron chi connectivity index (χ2n) is 6.09. The fourth-order valence-corrected chi connectivity index (χ4v) is 3.55. The van der Waals surface area contributed by atoms with Crippen LogP contribution < -0.4 is 10.1 Å². The quantitative estimate of drug-likeness (QED) is 0.882. The highest BCUT2D eigenvalue weighted by Gasteiger charge is 2.43.